The highest BCUT2D eigenvalue weighted by molar-refractivity contribution is 5.99. The number of hydrogen-bond donors (Lipinski definition) is 1. The fraction of sp³-hybridized carbons (Fsp3) is 0.125. The second-order valence-corrected chi connectivity index (χ2v) is 2.34. The zero-order valence-electron chi connectivity index (χ0n) is 5.87. The van der Waals surface area contributed by atoms with Crippen LogP contribution in [0.15, 0.2) is 24.3 Å². The molecule has 3 nitrogen and oxygen atoms in total. The number of nitrogens with one attached hydrogen (secondary N) is 1. The van der Waals surface area contributed by atoms with Crippen molar-refractivity contribution in [3.8, 4) is 0 Å². The van der Waals surface area contributed by atoms with E-state index in [0.29, 0.717) is 12.2 Å². The monoisotopic (exact) mass is 147 g/mol. The summed E-state index contributed by atoms with van der Waals surface area (Å²) in [5.74, 6) is -0.0319. The molecule has 55 valence electrons. The molecule has 1 aromatic rings. The third kappa shape index (κ3) is 0.941. The predicted molar refractivity (Wildman–Crippen MR) is 40.6 cm³/mol. The van der Waals surface area contributed by atoms with Crippen molar-refractivity contribution in [1.82, 2.24) is 10.6 Å². The summed E-state index contributed by atoms with van der Waals surface area (Å²) >= 11 is 0. The fourth-order valence-corrected chi connectivity index (χ4v) is 1.10. The average Bonchev–Trinajstić information content (AvgIpc) is 2.06. The Bertz CT molecular complexity index is 296. The SMILES string of the molecule is O=C1NC[N]c2ccccc21. The van der Waals surface area contributed by atoms with Gasteiger partial charge in [0.05, 0.1) is 11.3 Å². The molecule has 0 fully saturated rings. The highest BCUT2D eigenvalue weighted by Crippen LogP contribution is 2.16. The van der Waals surface area contributed by atoms with Gasteiger partial charge in [0.25, 0.3) is 5.91 Å². The number of benzene rings is 1. The van der Waals surface area contributed by atoms with Crippen LogP contribution in [0.3, 0.4) is 0 Å². The number of hydrogen-bond acceptors (Lipinski definition) is 1. The lowest BCUT2D eigenvalue weighted by Gasteiger charge is -2.14. The molecule has 11 heavy (non-hydrogen) atoms. The molecule has 1 radical (unpaired) electrons. The van der Waals surface area contributed by atoms with Crippen molar-refractivity contribution in [1.29, 1.82) is 0 Å². The molecule has 1 N–H and O–H groups in total. The van der Waals surface area contributed by atoms with Gasteiger partial charge in [0.1, 0.15) is 6.67 Å². The number of nitrogens with zero attached hydrogens (tertiary/aromatic N) is 1. The lowest BCUT2D eigenvalue weighted by molar-refractivity contribution is 0.0945. The first-order valence-corrected chi connectivity index (χ1v) is 3.42. The van der Waals surface area contributed by atoms with Gasteiger partial charge in [-0.2, -0.15) is 0 Å². The van der Waals surface area contributed by atoms with Gasteiger partial charge in [-0.3, -0.25) is 10.1 Å². The zero-order chi connectivity index (χ0) is 7.68. The maximum absolute atomic E-state index is 11.1. The summed E-state index contributed by atoms with van der Waals surface area (Å²) in [7, 11) is 0. The molecule has 0 spiro atoms. The number of amides is 1. The summed E-state index contributed by atoms with van der Waals surface area (Å²) in [6, 6.07) is 7.32. The van der Waals surface area contributed by atoms with E-state index in [1.807, 2.05) is 18.2 Å². The molecule has 0 aromatic heterocycles. The van der Waals surface area contributed by atoms with Crippen LogP contribution in [0, 0.1) is 0 Å². The Morgan fingerprint density at radius 2 is 2.18 bits per heavy atom. The number of carbonyl (C=O) groups is 1. The van der Waals surface area contributed by atoms with Crippen LogP contribution in [-0.4, -0.2) is 12.6 Å². The van der Waals surface area contributed by atoms with Gasteiger partial charge in [0.2, 0.25) is 0 Å². The standard InChI is InChI=1S/C8H7N2O/c11-8-6-3-1-2-4-7(6)9-5-10-8/h1-4H,5H2,(H,10,11). The molecule has 3 heteroatoms. The lowest BCUT2D eigenvalue weighted by atomic mass is 10.1. The summed E-state index contributed by atoms with van der Waals surface area (Å²) in [6.45, 7) is 0.399. The second kappa shape index (κ2) is 2.27. The molecule has 1 aliphatic rings. The van der Waals surface area contributed by atoms with Gasteiger partial charge < -0.3 is 5.32 Å². The van der Waals surface area contributed by atoms with E-state index in [4.69, 9.17) is 0 Å². The number of rotatable bonds is 0. The summed E-state index contributed by atoms with van der Waals surface area (Å²) in [6.07, 6.45) is 0. The van der Waals surface area contributed by atoms with Crippen LogP contribution in [0.5, 0.6) is 0 Å². The van der Waals surface area contributed by atoms with Crippen molar-refractivity contribution < 1.29 is 4.79 Å². The van der Waals surface area contributed by atoms with Crippen molar-refractivity contribution in [3.05, 3.63) is 29.8 Å². The molecule has 0 unspecified atom stereocenters. The molecule has 2 rings (SSSR count). The van der Waals surface area contributed by atoms with Crippen LogP contribution in [-0.2, 0) is 0 Å². The van der Waals surface area contributed by atoms with E-state index in [2.05, 4.69) is 10.6 Å². The predicted octanol–water partition coefficient (Wildman–Crippen LogP) is 0.623. The third-order valence-corrected chi connectivity index (χ3v) is 1.64. The Hall–Kier alpha value is -1.51. The van der Waals surface area contributed by atoms with Crippen LogP contribution in [0.1, 0.15) is 10.4 Å². The Balaban J connectivity index is 2.52. The van der Waals surface area contributed by atoms with Crippen molar-refractivity contribution in [2.45, 2.75) is 0 Å². The lowest BCUT2D eigenvalue weighted by Crippen LogP contribution is -2.33. The van der Waals surface area contributed by atoms with E-state index in [1.54, 1.807) is 6.07 Å². The van der Waals surface area contributed by atoms with Crippen LogP contribution in [0.2, 0.25) is 0 Å². The summed E-state index contributed by atoms with van der Waals surface area (Å²) in [4.78, 5) is 11.1. The largest absolute Gasteiger partial charge is 0.333 e. The van der Waals surface area contributed by atoms with Gasteiger partial charge >= 0.3 is 0 Å². The molecule has 0 saturated heterocycles. The minimum Gasteiger partial charge on any atom is -0.333 e. The van der Waals surface area contributed by atoms with E-state index < -0.39 is 0 Å². The first-order chi connectivity index (χ1) is 5.38. The molecular formula is C8H7N2O. The van der Waals surface area contributed by atoms with Gasteiger partial charge in [-0.05, 0) is 12.1 Å². The smallest absolute Gasteiger partial charge is 0.254 e. The number of carbonyl (C=O) groups excluding carboxylic acids is 1. The molecule has 1 heterocycles. The molecular weight excluding hydrogens is 140 g/mol. The van der Waals surface area contributed by atoms with Crippen LogP contribution in [0.25, 0.3) is 0 Å². The molecule has 0 aliphatic carbocycles. The normalized spacial score (nSPS) is 14.7. The Kier molecular flexibility index (Phi) is 1.28. The minimum atomic E-state index is -0.0319. The van der Waals surface area contributed by atoms with Crippen molar-refractivity contribution in [2.75, 3.05) is 6.67 Å². The van der Waals surface area contributed by atoms with Gasteiger partial charge in [-0.25, -0.2) is 0 Å². The fourth-order valence-electron chi connectivity index (χ4n) is 1.10. The quantitative estimate of drug-likeness (QED) is 0.574. The van der Waals surface area contributed by atoms with Crippen LogP contribution < -0.4 is 10.6 Å². The van der Waals surface area contributed by atoms with Crippen molar-refractivity contribution in [3.63, 3.8) is 0 Å². The zero-order valence-corrected chi connectivity index (χ0v) is 5.87. The van der Waals surface area contributed by atoms with Gasteiger partial charge in [-0.1, -0.05) is 12.1 Å². The van der Waals surface area contributed by atoms with E-state index in [0.717, 1.165) is 5.69 Å². The Labute approximate surface area is 64.4 Å². The van der Waals surface area contributed by atoms with E-state index in [1.165, 1.54) is 0 Å². The molecule has 1 aromatic carbocycles. The van der Waals surface area contributed by atoms with Crippen molar-refractivity contribution >= 4 is 11.6 Å². The molecule has 0 saturated carbocycles. The maximum Gasteiger partial charge on any atom is 0.254 e. The Morgan fingerprint density at radius 3 is 3.00 bits per heavy atom. The van der Waals surface area contributed by atoms with Crippen molar-refractivity contribution in [2.24, 2.45) is 0 Å². The van der Waals surface area contributed by atoms with Gasteiger partial charge in [-0.15, -0.1) is 0 Å². The maximum atomic E-state index is 11.1. The highest BCUT2D eigenvalue weighted by atomic mass is 16.1. The van der Waals surface area contributed by atoms with Gasteiger partial charge in [0.15, 0.2) is 0 Å². The molecule has 1 amide bonds. The minimum absolute atomic E-state index is 0.0319. The number of fused-ring (bicyclic) bond motifs is 1. The average molecular weight is 147 g/mol. The Morgan fingerprint density at radius 1 is 1.36 bits per heavy atom. The topological polar surface area (TPSA) is 43.2 Å². The first kappa shape index (κ1) is 6.22. The molecule has 1 aliphatic heterocycles. The molecule has 0 bridgehead atoms. The van der Waals surface area contributed by atoms with Gasteiger partial charge in [0, 0.05) is 0 Å². The van der Waals surface area contributed by atoms with Crippen LogP contribution >= 0.6 is 0 Å². The van der Waals surface area contributed by atoms with E-state index in [-0.39, 0.29) is 5.91 Å². The number of para-hydroxylation sites is 1. The summed E-state index contributed by atoms with van der Waals surface area (Å²) in [5, 5.41) is 6.74. The summed E-state index contributed by atoms with van der Waals surface area (Å²) < 4.78 is 0. The molecule has 0 atom stereocenters. The van der Waals surface area contributed by atoms with E-state index in [9.17, 15) is 4.79 Å². The third-order valence-electron chi connectivity index (χ3n) is 1.64. The summed E-state index contributed by atoms with van der Waals surface area (Å²) in [5.41, 5.74) is 1.45. The highest BCUT2D eigenvalue weighted by Gasteiger charge is 2.15. The van der Waals surface area contributed by atoms with E-state index >= 15 is 0 Å². The second-order valence-electron chi connectivity index (χ2n) is 2.34. The van der Waals surface area contributed by atoms with Crippen LogP contribution in [0.4, 0.5) is 5.69 Å². The first-order valence-electron chi connectivity index (χ1n) is 3.42.